The van der Waals surface area contributed by atoms with E-state index < -0.39 is 0 Å². The number of nitrogen functional groups attached to an aromatic ring is 1. The maximum absolute atomic E-state index is 12.3. The summed E-state index contributed by atoms with van der Waals surface area (Å²) in [4.78, 5) is 12.3. The Morgan fingerprint density at radius 1 is 1.19 bits per heavy atom. The van der Waals surface area contributed by atoms with Crippen LogP contribution in [-0.2, 0) is 6.42 Å². The maximum Gasteiger partial charge on any atom is 0.255 e. The molecule has 0 aliphatic carbocycles. The van der Waals surface area contributed by atoms with Crippen molar-refractivity contribution in [3.05, 3.63) is 53.6 Å². The van der Waals surface area contributed by atoms with Crippen molar-refractivity contribution in [3.63, 3.8) is 0 Å². The molecule has 21 heavy (non-hydrogen) atoms. The topological polar surface area (TPSA) is 64.3 Å². The fraction of sp³-hybridized carbons (Fsp3) is 0.235. The van der Waals surface area contributed by atoms with E-state index in [1.807, 2.05) is 31.2 Å². The van der Waals surface area contributed by atoms with Crippen molar-refractivity contribution in [3.8, 4) is 5.75 Å². The predicted octanol–water partition coefficient (Wildman–Crippen LogP) is 3.48. The van der Waals surface area contributed by atoms with Gasteiger partial charge in [-0.15, -0.1) is 0 Å². The Balaban J connectivity index is 2.19. The molecule has 0 heterocycles. The van der Waals surface area contributed by atoms with Crippen molar-refractivity contribution in [1.29, 1.82) is 0 Å². The predicted molar refractivity (Wildman–Crippen MR) is 85.8 cm³/mol. The van der Waals surface area contributed by atoms with Crippen LogP contribution in [0.25, 0.3) is 0 Å². The third kappa shape index (κ3) is 3.99. The van der Waals surface area contributed by atoms with Gasteiger partial charge in [0.25, 0.3) is 5.91 Å². The van der Waals surface area contributed by atoms with Crippen LogP contribution < -0.4 is 15.8 Å². The third-order valence-electron chi connectivity index (χ3n) is 3.10. The normalized spacial score (nSPS) is 10.2. The molecule has 4 nitrogen and oxygen atoms in total. The summed E-state index contributed by atoms with van der Waals surface area (Å²) in [7, 11) is 0. The average molecular weight is 284 g/mol. The lowest BCUT2D eigenvalue weighted by Crippen LogP contribution is -2.12. The smallest absolute Gasteiger partial charge is 0.255 e. The molecule has 0 saturated heterocycles. The SMILES string of the molecule is CCOc1cc(N)cc(C(=O)Nc2cccc(CC)c2)c1. The Bertz CT molecular complexity index is 638. The Hall–Kier alpha value is -2.49. The van der Waals surface area contributed by atoms with E-state index in [1.165, 1.54) is 5.56 Å². The number of nitrogens with one attached hydrogen (secondary N) is 1. The summed E-state index contributed by atoms with van der Waals surface area (Å²) >= 11 is 0. The second-order valence-corrected chi connectivity index (χ2v) is 4.73. The van der Waals surface area contributed by atoms with Crippen molar-refractivity contribution in [2.24, 2.45) is 0 Å². The highest BCUT2D eigenvalue weighted by atomic mass is 16.5. The quantitative estimate of drug-likeness (QED) is 0.826. The number of carbonyl (C=O) groups excluding carboxylic acids is 1. The minimum Gasteiger partial charge on any atom is -0.494 e. The highest BCUT2D eigenvalue weighted by Gasteiger charge is 2.09. The van der Waals surface area contributed by atoms with Gasteiger partial charge < -0.3 is 15.8 Å². The number of hydrogen-bond acceptors (Lipinski definition) is 3. The van der Waals surface area contributed by atoms with Gasteiger partial charge in [0.05, 0.1) is 6.61 Å². The zero-order chi connectivity index (χ0) is 15.2. The Morgan fingerprint density at radius 3 is 2.71 bits per heavy atom. The molecule has 0 unspecified atom stereocenters. The molecule has 0 aliphatic rings. The number of ether oxygens (including phenoxy) is 1. The summed E-state index contributed by atoms with van der Waals surface area (Å²) in [6.45, 7) is 4.50. The molecule has 2 aromatic rings. The molecule has 2 rings (SSSR count). The minimum absolute atomic E-state index is 0.198. The van der Waals surface area contributed by atoms with Crippen LogP contribution in [0, 0.1) is 0 Å². The molecule has 0 radical (unpaired) electrons. The largest absolute Gasteiger partial charge is 0.494 e. The van der Waals surface area contributed by atoms with E-state index in [4.69, 9.17) is 10.5 Å². The standard InChI is InChI=1S/C17H20N2O2/c1-3-12-6-5-7-15(8-12)19-17(20)13-9-14(18)11-16(10-13)21-4-2/h5-11H,3-4,18H2,1-2H3,(H,19,20). The van der Waals surface area contributed by atoms with E-state index in [-0.39, 0.29) is 5.91 Å². The lowest BCUT2D eigenvalue weighted by molar-refractivity contribution is 0.102. The van der Waals surface area contributed by atoms with Crippen LogP contribution in [0.1, 0.15) is 29.8 Å². The Morgan fingerprint density at radius 2 is 2.00 bits per heavy atom. The lowest BCUT2D eigenvalue weighted by Gasteiger charge is -2.10. The first kappa shape index (κ1) is 14.9. The van der Waals surface area contributed by atoms with Crippen LogP contribution in [0.2, 0.25) is 0 Å². The van der Waals surface area contributed by atoms with Crippen LogP contribution in [0.3, 0.4) is 0 Å². The van der Waals surface area contributed by atoms with Crippen molar-refractivity contribution >= 4 is 17.3 Å². The second kappa shape index (κ2) is 6.79. The molecule has 4 heteroatoms. The van der Waals surface area contributed by atoms with E-state index in [0.29, 0.717) is 23.6 Å². The van der Waals surface area contributed by atoms with Gasteiger partial charge in [0, 0.05) is 23.0 Å². The first-order chi connectivity index (χ1) is 10.1. The fourth-order valence-corrected chi connectivity index (χ4v) is 2.08. The summed E-state index contributed by atoms with van der Waals surface area (Å²) in [5.41, 5.74) is 8.75. The van der Waals surface area contributed by atoms with Crippen LogP contribution in [0.4, 0.5) is 11.4 Å². The number of nitrogens with two attached hydrogens (primary N) is 1. The van der Waals surface area contributed by atoms with E-state index in [2.05, 4.69) is 12.2 Å². The number of rotatable bonds is 5. The van der Waals surface area contributed by atoms with Crippen molar-refractivity contribution < 1.29 is 9.53 Å². The van der Waals surface area contributed by atoms with Gasteiger partial charge >= 0.3 is 0 Å². The second-order valence-electron chi connectivity index (χ2n) is 4.73. The van der Waals surface area contributed by atoms with Gasteiger partial charge in [0.15, 0.2) is 0 Å². The first-order valence-corrected chi connectivity index (χ1v) is 7.06. The lowest BCUT2D eigenvalue weighted by atomic mass is 10.1. The summed E-state index contributed by atoms with van der Waals surface area (Å²) < 4.78 is 5.40. The molecule has 1 amide bonds. The van der Waals surface area contributed by atoms with Crippen LogP contribution in [0.15, 0.2) is 42.5 Å². The molecular formula is C17H20N2O2. The van der Waals surface area contributed by atoms with Crippen LogP contribution >= 0.6 is 0 Å². The number of hydrogen-bond donors (Lipinski definition) is 2. The highest BCUT2D eigenvalue weighted by molar-refractivity contribution is 6.05. The van der Waals surface area contributed by atoms with Gasteiger partial charge in [0.1, 0.15) is 5.75 Å². The molecular weight excluding hydrogens is 264 g/mol. The number of amides is 1. The third-order valence-corrected chi connectivity index (χ3v) is 3.10. The molecule has 0 spiro atoms. The van der Waals surface area contributed by atoms with Gasteiger partial charge in [-0.25, -0.2) is 0 Å². The van der Waals surface area contributed by atoms with Gasteiger partial charge in [-0.2, -0.15) is 0 Å². The molecule has 2 aromatic carbocycles. The summed E-state index contributed by atoms with van der Waals surface area (Å²) in [5.74, 6) is 0.404. The Kier molecular flexibility index (Phi) is 4.82. The molecule has 0 atom stereocenters. The molecule has 0 fully saturated rings. The van der Waals surface area contributed by atoms with E-state index in [9.17, 15) is 4.79 Å². The number of carbonyl (C=O) groups is 1. The highest BCUT2D eigenvalue weighted by Crippen LogP contribution is 2.20. The van der Waals surface area contributed by atoms with Crippen LogP contribution in [0.5, 0.6) is 5.75 Å². The summed E-state index contributed by atoms with van der Waals surface area (Å²) in [5, 5.41) is 2.88. The monoisotopic (exact) mass is 284 g/mol. The van der Waals surface area contributed by atoms with Crippen LogP contribution in [-0.4, -0.2) is 12.5 Å². The van der Waals surface area contributed by atoms with Crippen molar-refractivity contribution in [2.75, 3.05) is 17.7 Å². The molecule has 0 aromatic heterocycles. The van der Waals surface area contributed by atoms with Gasteiger partial charge in [0.2, 0.25) is 0 Å². The number of aryl methyl sites for hydroxylation is 1. The maximum atomic E-state index is 12.3. The number of anilines is 2. The van der Waals surface area contributed by atoms with Crippen molar-refractivity contribution in [2.45, 2.75) is 20.3 Å². The van der Waals surface area contributed by atoms with Gasteiger partial charge in [-0.1, -0.05) is 19.1 Å². The minimum atomic E-state index is -0.198. The number of benzene rings is 2. The zero-order valence-corrected chi connectivity index (χ0v) is 12.3. The van der Waals surface area contributed by atoms with E-state index in [1.54, 1.807) is 18.2 Å². The molecule has 0 bridgehead atoms. The van der Waals surface area contributed by atoms with Gasteiger partial charge in [-0.3, -0.25) is 4.79 Å². The van der Waals surface area contributed by atoms with Gasteiger partial charge in [-0.05, 0) is 43.2 Å². The van der Waals surface area contributed by atoms with E-state index >= 15 is 0 Å². The Labute approximate surface area is 124 Å². The fourth-order valence-electron chi connectivity index (χ4n) is 2.08. The van der Waals surface area contributed by atoms with E-state index in [0.717, 1.165) is 12.1 Å². The van der Waals surface area contributed by atoms with Crippen molar-refractivity contribution in [1.82, 2.24) is 0 Å². The summed E-state index contributed by atoms with van der Waals surface area (Å²) in [6, 6.07) is 12.8. The molecule has 3 N–H and O–H groups in total. The summed E-state index contributed by atoms with van der Waals surface area (Å²) in [6.07, 6.45) is 0.927. The molecule has 0 aliphatic heterocycles. The molecule has 110 valence electrons. The zero-order valence-electron chi connectivity index (χ0n) is 12.3. The first-order valence-electron chi connectivity index (χ1n) is 7.06. The molecule has 0 saturated carbocycles. The average Bonchev–Trinajstić information content (AvgIpc) is 2.47.